The van der Waals surface area contributed by atoms with Gasteiger partial charge in [0.15, 0.2) is 17.3 Å². The van der Waals surface area contributed by atoms with Crippen molar-refractivity contribution in [2.24, 2.45) is 0 Å². The van der Waals surface area contributed by atoms with E-state index in [1.54, 1.807) is 18.2 Å². The SMILES string of the molecule is O=C(c1ccccc1)c1ccc(O)c2c1NC1(CCCC1)CO2. The molecule has 0 saturated heterocycles. The maximum atomic E-state index is 12.9. The van der Waals surface area contributed by atoms with E-state index in [4.69, 9.17) is 4.74 Å². The lowest BCUT2D eigenvalue weighted by atomic mass is 9.93. The summed E-state index contributed by atoms with van der Waals surface area (Å²) < 4.78 is 5.85. The molecule has 4 heteroatoms. The molecule has 2 N–H and O–H groups in total. The van der Waals surface area contributed by atoms with Gasteiger partial charge in [-0.05, 0) is 25.0 Å². The Labute approximate surface area is 135 Å². The number of ketones is 1. The Hall–Kier alpha value is -2.49. The maximum Gasteiger partial charge on any atom is 0.195 e. The van der Waals surface area contributed by atoms with Crippen molar-refractivity contribution < 1.29 is 14.6 Å². The Balaban J connectivity index is 1.79. The van der Waals surface area contributed by atoms with Gasteiger partial charge in [0.1, 0.15) is 6.61 Å². The predicted molar refractivity (Wildman–Crippen MR) is 88.3 cm³/mol. The van der Waals surface area contributed by atoms with Gasteiger partial charge in [-0.1, -0.05) is 43.2 Å². The summed E-state index contributed by atoms with van der Waals surface area (Å²) in [6, 6.07) is 12.4. The molecule has 0 unspecified atom stereocenters. The lowest BCUT2D eigenvalue weighted by Gasteiger charge is -2.37. The zero-order valence-electron chi connectivity index (χ0n) is 12.8. The van der Waals surface area contributed by atoms with E-state index in [0.717, 1.165) is 25.7 Å². The molecule has 0 amide bonds. The van der Waals surface area contributed by atoms with Gasteiger partial charge >= 0.3 is 0 Å². The summed E-state index contributed by atoms with van der Waals surface area (Å²) in [5.41, 5.74) is 1.71. The minimum absolute atomic E-state index is 0.0620. The highest BCUT2D eigenvalue weighted by Crippen LogP contribution is 2.46. The normalized spacial score (nSPS) is 18.1. The second-order valence-corrected chi connectivity index (χ2v) is 6.43. The molecule has 0 aromatic heterocycles. The summed E-state index contributed by atoms with van der Waals surface area (Å²) in [5.74, 6) is 0.405. The smallest absolute Gasteiger partial charge is 0.195 e. The van der Waals surface area contributed by atoms with E-state index in [1.807, 2.05) is 18.2 Å². The first-order valence-corrected chi connectivity index (χ1v) is 8.05. The molecule has 1 aliphatic heterocycles. The molecule has 1 aliphatic carbocycles. The van der Waals surface area contributed by atoms with Crippen LogP contribution in [0.1, 0.15) is 41.6 Å². The summed E-state index contributed by atoms with van der Waals surface area (Å²) in [5, 5.41) is 13.6. The second kappa shape index (κ2) is 5.30. The summed E-state index contributed by atoms with van der Waals surface area (Å²) in [6.45, 7) is 0.538. The number of phenolic OH excluding ortho intramolecular Hbond substituents is 1. The van der Waals surface area contributed by atoms with Gasteiger partial charge in [0.05, 0.1) is 11.2 Å². The molecule has 2 aromatic carbocycles. The third-order valence-corrected chi connectivity index (χ3v) is 4.86. The molecule has 1 spiro atoms. The van der Waals surface area contributed by atoms with E-state index in [9.17, 15) is 9.90 Å². The fourth-order valence-electron chi connectivity index (χ4n) is 3.61. The van der Waals surface area contributed by atoms with Gasteiger partial charge in [-0.3, -0.25) is 4.79 Å². The van der Waals surface area contributed by atoms with Crippen molar-refractivity contribution in [3.8, 4) is 11.5 Å². The van der Waals surface area contributed by atoms with Crippen molar-refractivity contribution in [2.75, 3.05) is 11.9 Å². The minimum Gasteiger partial charge on any atom is -0.504 e. The van der Waals surface area contributed by atoms with Crippen molar-refractivity contribution in [2.45, 2.75) is 31.2 Å². The van der Waals surface area contributed by atoms with Crippen LogP contribution in [0.4, 0.5) is 5.69 Å². The average Bonchev–Trinajstić information content (AvgIpc) is 3.03. The molecule has 2 aliphatic rings. The molecule has 0 bridgehead atoms. The topological polar surface area (TPSA) is 58.6 Å². The largest absolute Gasteiger partial charge is 0.504 e. The molecule has 0 atom stereocenters. The van der Waals surface area contributed by atoms with Crippen LogP contribution in [0.2, 0.25) is 0 Å². The number of anilines is 1. The Morgan fingerprint density at radius 1 is 1.09 bits per heavy atom. The number of rotatable bonds is 2. The highest BCUT2D eigenvalue weighted by atomic mass is 16.5. The molecule has 4 nitrogen and oxygen atoms in total. The molecular formula is C19H19NO3. The molecular weight excluding hydrogens is 290 g/mol. The first kappa shape index (κ1) is 14.1. The van der Waals surface area contributed by atoms with Crippen LogP contribution in [-0.2, 0) is 0 Å². The summed E-state index contributed by atoms with van der Waals surface area (Å²) in [7, 11) is 0. The lowest BCUT2D eigenvalue weighted by molar-refractivity contribution is 0.103. The van der Waals surface area contributed by atoms with E-state index in [1.165, 1.54) is 6.07 Å². The van der Waals surface area contributed by atoms with Crippen LogP contribution < -0.4 is 10.1 Å². The Kier molecular flexibility index (Phi) is 3.26. The highest BCUT2D eigenvalue weighted by molar-refractivity contribution is 6.13. The molecule has 1 saturated carbocycles. The lowest BCUT2D eigenvalue weighted by Crippen LogP contribution is -2.44. The van der Waals surface area contributed by atoms with Crippen LogP contribution >= 0.6 is 0 Å². The number of aromatic hydroxyl groups is 1. The van der Waals surface area contributed by atoms with Crippen LogP contribution in [-0.4, -0.2) is 23.0 Å². The number of fused-ring (bicyclic) bond motifs is 1. The third-order valence-electron chi connectivity index (χ3n) is 4.86. The number of ether oxygens (including phenoxy) is 1. The predicted octanol–water partition coefficient (Wildman–Crippen LogP) is 3.74. The van der Waals surface area contributed by atoms with Gasteiger partial charge in [-0.15, -0.1) is 0 Å². The van der Waals surface area contributed by atoms with Crippen LogP contribution in [0.15, 0.2) is 42.5 Å². The average molecular weight is 309 g/mol. The Morgan fingerprint density at radius 2 is 1.83 bits per heavy atom. The first-order valence-electron chi connectivity index (χ1n) is 8.05. The number of carbonyl (C=O) groups is 1. The zero-order chi connectivity index (χ0) is 15.9. The molecule has 1 fully saturated rings. The van der Waals surface area contributed by atoms with E-state index >= 15 is 0 Å². The van der Waals surface area contributed by atoms with Gasteiger partial charge < -0.3 is 15.2 Å². The molecule has 4 rings (SSSR count). The summed E-state index contributed by atoms with van der Waals surface area (Å²) in [6.07, 6.45) is 4.38. The number of phenols is 1. The fourth-order valence-corrected chi connectivity index (χ4v) is 3.61. The minimum atomic E-state index is -0.105. The maximum absolute atomic E-state index is 12.9. The van der Waals surface area contributed by atoms with Crippen molar-refractivity contribution in [3.05, 3.63) is 53.6 Å². The Morgan fingerprint density at radius 3 is 2.57 bits per heavy atom. The van der Waals surface area contributed by atoms with Gasteiger partial charge in [0.25, 0.3) is 0 Å². The van der Waals surface area contributed by atoms with Gasteiger partial charge in [0, 0.05) is 11.1 Å². The van der Waals surface area contributed by atoms with Crippen LogP contribution in [0.5, 0.6) is 11.5 Å². The van der Waals surface area contributed by atoms with Crippen molar-refractivity contribution in [1.82, 2.24) is 0 Å². The Bertz CT molecular complexity index is 749. The monoisotopic (exact) mass is 309 g/mol. The van der Waals surface area contributed by atoms with Crippen molar-refractivity contribution >= 4 is 11.5 Å². The van der Waals surface area contributed by atoms with E-state index in [2.05, 4.69) is 5.32 Å². The molecule has 118 valence electrons. The highest BCUT2D eigenvalue weighted by Gasteiger charge is 2.40. The molecule has 23 heavy (non-hydrogen) atoms. The number of carbonyl (C=O) groups excluding carboxylic acids is 1. The van der Waals surface area contributed by atoms with Crippen LogP contribution in [0, 0.1) is 0 Å². The van der Waals surface area contributed by atoms with Gasteiger partial charge in [-0.25, -0.2) is 0 Å². The van der Waals surface area contributed by atoms with Crippen molar-refractivity contribution in [1.29, 1.82) is 0 Å². The number of hydrogen-bond acceptors (Lipinski definition) is 4. The van der Waals surface area contributed by atoms with E-state index < -0.39 is 0 Å². The molecule has 2 aromatic rings. The standard InChI is InChI=1S/C19H19NO3/c21-15-9-8-14(17(22)13-6-2-1-3-7-13)16-18(15)23-12-19(20-16)10-4-5-11-19/h1-3,6-9,20-21H,4-5,10-12H2. The molecule has 1 heterocycles. The zero-order valence-corrected chi connectivity index (χ0v) is 12.8. The van der Waals surface area contributed by atoms with Crippen molar-refractivity contribution in [3.63, 3.8) is 0 Å². The van der Waals surface area contributed by atoms with E-state index in [-0.39, 0.29) is 17.1 Å². The first-order chi connectivity index (χ1) is 11.2. The van der Waals surface area contributed by atoms with E-state index in [0.29, 0.717) is 29.2 Å². The number of nitrogens with one attached hydrogen (secondary N) is 1. The second-order valence-electron chi connectivity index (χ2n) is 6.43. The van der Waals surface area contributed by atoms with Crippen LogP contribution in [0.3, 0.4) is 0 Å². The quantitative estimate of drug-likeness (QED) is 0.830. The van der Waals surface area contributed by atoms with Crippen LogP contribution in [0.25, 0.3) is 0 Å². The summed E-state index contributed by atoms with van der Waals surface area (Å²) >= 11 is 0. The fraction of sp³-hybridized carbons (Fsp3) is 0.316. The molecule has 0 radical (unpaired) electrons. The number of benzene rings is 2. The number of hydrogen-bond donors (Lipinski definition) is 2. The third kappa shape index (κ3) is 2.34. The van der Waals surface area contributed by atoms with Gasteiger partial charge in [-0.2, -0.15) is 0 Å². The summed E-state index contributed by atoms with van der Waals surface area (Å²) in [4.78, 5) is 12.9. The van der Waals surface area contributed by atoms with Gasteiger partial charge in [0.2, 0.25) is 0 Å².